The Kier molecular flexibility index (Phi) is 3.77. The smallest absolute Gasteiger partial charge is 0.270 e. The number of amides is 1. The predicted molar refractivity (Wildman–Crippen MR) is 78.9 cm³/mol. The number of aromatic amines is 1. The minimum atomic E-state index is 0.134. The van der Waals surface area contributed by atoms with Crippen LogP contribution in [-0.2, 0) is 13.5 Å². The second-order valence-electron chi connectivity index (χ2n) is 5.78. The summed E-state index contributed by atoms with van der Waals surface area (Å²) >= 11 is 0. The molecule has 1 aliphatic rings. The van der Waals surface area contributed by atoms with Crippen molar-refractivity contribution in [2.24, 2.45) is 13.0 Å². The first-order valence-corrected chi connectivity index (χ1v) is 7.42. The standard InChI is InChI=1S/C15H21N5O/c1-11-16-14(18-17-11)10-12-5-8-20(9-6-12)15(21)13-4-3-7-19(13)2/h3-4,7,12H,5-6,8-10H2,1-2H3,(H,16,17,18). The van der Waals surface area contributed by atoms with Crippen LogP contribution in [-0.4, -0.2) is 43.6 Å². The summed E-state index contributed by atoms with van der Waals surface area (Å²) < 4.78 is 1.88. The van der Waals surface area contributed by atoms with Crippen LogP contribution < -0.4 is 0 Å². The summed E-state index contributed by atoms with van der Waals surface area (Å²) in [5.74, 6) is 2.45. The number of aromatic nitrogens is 4. The van der Waals surface area contributed by atoms with E-state index in [1.54, 1.807) is 0 Å². The Morgan fingerprint density at radius 2 is 2.19 bits per heavy atom. The zero-order chi connectivity index (χ0) is 14.8. The number of hydrogen-bond donors (Lipinski definition) is 1. The molecule has 0 radical (unpaired) electrons. The highest BCUT2D eigenvalue weighted by atomic mass is 16.2. The number of piperidine rings is 1. The SMILES string of the molecule is Cc1nc(CC2CCN(C(=O)c3cccn3C)CC2)n[nH]1. The zero-order valence-corrected chi connectivity index (χ0v) is 12.5. The number of carbonyl (C=O) groups excluding carboxylic acids is 1. The van der Waals surface area contributed by atoms with Crippen LogP contribution in [0.1, 0.15) is 35.0 Å². The number of nitrogens with one attached hydrogen (secondary N) is 1. The molecule has 1 aliphatic heterocycles. The predicted octanol–water partition coefficient (Wildman–Crippen LogP) is 1.55. The third-order valence-electron chi connectivity index (χ3n) is 4.18. The minimum absolute atomic E-state index is 0.134. The van der Waals surface area contributed by atoms with E-state index in [0.29, 0.717) is 5.92 Å². The Hall–Kier alpha value is -2.11. The molecular formula is C15H21N5O. The molecule has 1 saturated heterocycles. The Bertz CT molecular complexity index is 622. The third-order valence-corrected chi connectivity index (χ3v) is 4.18. The van der Waals surface area contributed by atoms with Gasteiger partial charge in [0.2, 0.25) is 0 Å². The summed E-state index contributed by atoms with van der Waals surface area (Å²) in [5, 5.41) is 7.08. The van der Waals surface area contributed by atoms with Crippen molar-refractivity contribution in [3.63, 3.8) is 0 Å². The molecule has 0 saturated carbocycles. The van der Waals surface area contributed by atoms with Crippen molar-refractivity contribution in [3.8, 4) is 0 Å². The second-order valence-corrected chi connectivity index (χ2v) is 5.78. The number of H-pyrrole nitrogens is 1. The van der Waals surface area contributed by atoms with Crippen LogP contribution in [0.3, 0.4) is 0 Å². The number of aryl methyl sites for hydroxylation is 2. The van der Waals surface area contributed by atoms with E-state index < -0.39 is 0 Å². The Morgan fingerprint density at radius 3 is 2.76 bits per heavy atom. The molecule has 1 fully saturated rings. The summed E-state index contributed by atoms with van der Waals surface area (Å²) in [6, 6.07) is 3.79. The molecule has 2 aromatic heterocycles. The van der Waals surface area contributed by atoms with Crippen LogP contribution in [0, 0.1) is 12.8 Å². The van der Waals surface area contributed by atoms with Gasteiger partial charge in [0.1, 0.15) is 11.5 Å². The van der Waals surface area contributed by atoms with Gasteiger partial charge in [0.25, 0.3) is 5.91 Å². The van der Waals surface area contributed by atoms with Crippen molar-refractivity contribution in [2.45, 2.75) is 26.2 Å². The largest absolute Gasteiger partial charge is 0.347 e. The molecule has 3 heterocycles. The van der Waals surface area contributed by atoms with Gasteiger partial charge >= 0.3 is 0 Å². The molecule has 0 atom stereocenters. The molecule has 0 unspecified atom stereocenters. The number of hydrogen-bond acceptors (Lipinski definition) is 3. The fourth-order valence-electron chi connectivity index (χ4n) is 2.92. The monoisotopic (exact) mass is 287 g/mol. The van der Waals surface area contributed by atoms with Crippen LogP contribution in [0.15, 0.2) is 18.3 Å². The van der Waals surface area contributed by atoms with Gasteiger partial charge in [-0.15, -0.1) is 0 Å². The van der Waals surface area contributed by atoms with E-state index in [2.05, 4.69) is 15.2 Å². The molecule has 0 spiro atoms. The fraction of sp³-hybridized carbons (Fsp3) is 0.533. The first-order valence-electron chi connectivity index (χ1n) is 7.42. The lowest BCUT2D eigenvalue weighted by Crippen LogP contribution is -2.39. The third kappa shape index (κ3) is 2.99. The van der Waals surface area contributed by atoms with E-state index in [9.17, 15) is 4.79 Å². The summed E-state index contributed by atoms with van der Waals surface area (Å²) in [6.07, 6.45) is 4.84. The van der Waals surface area contributed by atoms with Gasteiger partial charge in [0.05, 0.1) is 0 Å². The van der Waals surface area contributed by atoms with Gasteiger partial charge < -0.3 is 9.47 Å². The summed E-state index contributed by atoms with van der Waals surface area (Å²) in [7, 11) is 1.91. The van der Waals surface area contributed by atoms with E-state index >= 15 is 0 Å². The molecule has 1 N–H and O–H groups in total. The molecule has 6 heteroatoms. The van der Waals surface area contributed by atoms with Crippen LogP contribution >= 0.6 is 0 Å². The maximum absolute atomic E-state index is 12.4. The maximum Gasteiger partial charge on any atom is 0.270 e. The number of carbonyl (C=O) groups is 1. The maximum atomic E-state index is 12.4. The van der Waals surface area contributed by atoms with Gasteiger partial charge in [0, 0.05) is 32.8 Å². The summed E-state index contributed by atoms with van der Waals surface area (Å²) in [5.41, 5.74) is 0.762. The summed E-state index contributed by atoms with van der Waals surface area (Å²) in [4.78, 5) is 18.7. The normalized spacial score (nSPS) is 16.4. The summed E-state index contributed by atoms with van der Waals surface area (Å²) in [6.45, 7) is 3.55. The van der Waals surface area contributed by atoms with Crippen LogP contribution in [0.4, 0.5) is 0 Å². The van der Waals surface area contributed by atoms with E-state index in [1.165, 1.54) is 0 Å². The van der Waals surface area contributed by atoms with Crippen LogP contribution in [0.25, 0.3) is 0 Å². The Balaban J connectivity index is 1.55. The molecule has 6 nitrogen and oxygen atoms in total. The van der Waals surface area contributed by atoms with Crippen molar-refractivity contribution >= 4 is 5.91 Å². The van der Waals surface area contributed by atoms with Gasteiger partial charge in [-0.1, -0.05) is 0 Å². The van der Waals surface area contributed by atoms with Crippen molar-refractivity contribution in [1.82, 2.24) is 24.6 Å². The van der Waals surface area contributed by atoms with Gasteiger partial charge in [0.15, 0.2) is 5.82 Å². The van der Waals surface area contributed by atoms with Gasteiger partial charge in [-0.2, -0.15) is 5.10 Å². The highest BCUT2D eigenvalue weighted by Gasteiger charge is 2.25. The highest BCUT2D eigenvalue weighted by molar-refractivity contribution is 5.92. The Labute approximate surface area is 124 Å². The second kappa shape index (κ2) is 5.71. The van der Waals surface area contributed by atoms with Gasteiger partial charge in [-0.3, -0.25) is 9.89 Å². The van der Waals surface area contributed by atoms with Crippen molar-refractivity contribution < 1.29 is 4.79 Å². The highest BCUT2D eigenvalue weighted by Crippen LogP contribution is 2.21. The van der Waals surface area contributed by atoms with Crippen LogP contribution in [0.2, 0.25) is 0 Å². The molecular weight excluding hydrogens is 266 g/mol. The molecule has 0 bridgehead atoms. The molecule has 2 aromatic rings. The van der Waals surface area contributed by atoms with E-state index in [0.717, 1.165) is 49.7 Å². The van der Waals surface area contributed by atoms with Gasteiger partial charge in [-0.25, -0.2) is 4.98 Å². The molecule has 1 amide bonds. The molecule has 0 aliphatic carbocycles. The molecule has 3 rings (SSSR count). The van der Waals surface area contributed by atoms with E-state index in [-0.39, 0.29) is 5.91 Å². The number of nitrogens with zero attached hydrogens (tertiary/aromatic N) is 4. The number of rotatable bonds is 3. The quantitative estimate of drug-likeness (QED) is 0.931. The average molecular weight is 287 g/mol. The average Bonchev–Trinajstić information content (AvgIpc) is 3.08. The lowest BCUT2D eigenvalue weighted by Gasteiger charge is -2.31. The lowest BCUT2D eigenvalue weighted by atomic mass is 9.93. The molecule has 112 valence electrons. The van der Waals surface area contributed by atoms with Crippen molar-refractivity contribution in [1.29, 1.82) is 0 Å². The van der Waals surface area contributed by atoms with E-state index in [1.807, 2.05) is 41.8 Å². The van der Waals surface area contributed by atoms with Crippen LogP contribution in [0.5, 0.6) is 0 Å². The fourth-order valence-corrected chi connectivity index (χ4v) is 2.92. The van der Waals surface area contributed by atoms with E-state index in [4.69, 9.17) is 0 Å². The van der Waals surface area contributed by atoms with Crippen molar-refractivity contribution in [2.75, 3.05) is 13.1 Å². The minimum Gasteiger partial charge on any atom is -0.347 e. The topological polar surface area (TPSA) is 66.8 Å². The van der Waals surface area contributed by atoms with Gasteiger partial charge in [-0.05, 0) is 37.8 Å². The zero-order valence-electron chi connectivity index (χ0n) is 12.5. The Morgan fingerprint density at radius 1 is 1.43 bits per heavy atom. The lowest BCUT2D eigenvalue weighted by molar-refractivity contribution is 0.0680. The van der Waals surface area contributed by atoms with Crippen molar-refractivity contribution in [3.05, 3.63) is 35.7 Å². The first-order chi connectivity index (χ1) is 10.1. The molecule has 21 heavy (non-hydrogen) atoms. The molecule has 0 aromatic carbocycles. The first kappa shape index (κ1) is 13.9. The number of likely N-dealkylation sites (tertiary alicyclic amines) is 1.